The summed E-state index contributed by atoms with van der Waals surface area (Å²) in [5.74, 6) is 2.26. The molecular formula is C17H12BN2O4-. The van der Waals surface area contributed by atoms with Crippen molar-refractivity contribution < 1.29 is 18.6 Å². The SMILES string of the molecule is C1=CC(=C2C=C(c3ccc[nH]3)O[B-]3(O2)Oc2ccccc2O3)N=C1. The van der Waals surface area contributed by atoms with Crippen LogP contribution in [0.2, 0.25) is 0 Å². The molecule has 4 heterocycles. The van der Waals surface area contributed by atoms with Gasteiger partial charge in [-0.1, -0.05) is 12.1 Å². The first-order valence-electron chi connectivity index (χ1n) is 7.60. The van der Waals surface area contributed by atoms with Crippen molar-refractivity contribution in [2.45, 2.75) is 0 Å². The van der Waals surface area contributed by atoms with Crippen molar-refractivity contribution in [1.82, 2.24) is 4.98 Å². The summed E-state index contributed by atoms with van der Waals surface area (Å²) in [5, 5.41) is 0. The Labute approximate surface area is 137 Å². The van der Waals surface area contributed by atoms with Crippen LogP contribution in [0.15, 0.2) is 77.3 Å². The van der Waals surface area contributed by atoms with Crippen LogP contribution in [0, 0.1) is 0 Å². The smallest absolute Gasteiger partial charge is 0.610 e. The minimum absolute atomic E-state index is 0.531. The fourth-order valence-corrected chi connectivity index (χ4v) is 2.80. The lowest BCUT2D eigenvalue weighted by Gasteiger charge is -2.40. The molecule has 1 spiro atoms. The van der Waals surface area contributed by atoms with Crippen molar-refractivity contribution in [3.05, 3.63) is 78.0 Å². The van der Waals surface area contributed by atoms with Crippen LogP contribution < -0.4 is 9.31 Å². The topological polar surface area (TPSA) is 65.1 Å². The Bertz CT molecular complexity index is 889. The summed E-state index contributed by atoms with van der Waals surface area (Å²) in [5.41, 5.74) is 1.48. The Kier molecular flexibility index (Phi) is 2.64. The van der Waals surface area contributed by atoms with Crippen molar-refractivity contribution in [3.63, 3.8) is 0 Å². The van der Waals surface area contributed by atoms with Crippen LogP contribution in [0.1, 0.15) is 5.69 Å². The maximum Gasteiger partial charge on any atom is 0.777 e. The van der Waals surface area contributed by atoms with Crippen molar-refractivity contribution in [1.29, 1.82) is 0 Å². The first kappa shape index (κ1) is 13.1. The lowest BCUT2D eigenvalue weighted by atomic mass is 10.0. The minimum Gasteiger partial charge on any atom is -0.610 e. The molecule has 3 aliphatic heterocycles. The number of aliphatic imine (C=N–C) groups is 1. The largest absolute Gasteiger partial charge is 0.777 e. The molecule has 1 aromatic carbocycles. The summed E-state index contributed by atoms with van der Waals surface area (Å²) < 4.78 is 23.7. The number of aromatic nitrogens is 1. The van der Waals surface area contributed by atoms with Gasteiger partial charge in [0.05, 0.1) is 5.69 Å². The molecule has 0 aliphatic carbocycles. The summed E-state index contributed by atoms with van der Waals surface area (Å²) in [6.07, 6.45) is 8.99. The molecule has 0 saturated heterocycles. The number of hydrogen-bond donors (Lipinski definition) is 1. The molecule has 0 radical (unpaired) electrons. The van der Waals surface area contributed by atoms with Crippen LogP contribution in [-0.4, -0.2) is 18.2 Å². The summed E-state index contributed by atoms with van der Waals surface area (Å²) in [6.45, 7) is -2.48. The number of allylic oxidation sites excluding steroid dienone is 3. The Morgan fingerprint density at radius 1 is 0.917 bits per heavy atom. The number of H-pyrrole nitrogens is 1. The zero-order valence-electron chi connectivity index (χ0n) is 12.5. The molecule has 0 bridgehead atoms. The van der Waals surface area contributed by atoms with Crippen molar-refractivity contribution in [2.24, 2.45) is 4.99 Å². The van der Waals surface area contributed by atoms with Gasteiger partial charge < -0.3 is 23.6 Å². The zero-order chi connectivity index (χ0) is 16.0. The van der Waals surface area contributed by atoms with E-state index in [9.17, 15) is 0 Å². The fraction of sp³-hybridized carbons (Fsp3) is 0. The van der Waals surface area contributed by atoms with Gasteiger partial charge in [0, 0.05) is 18.5 Å². The molecule has 118 valence electrons. The molecular weight excluding hydrogens is 307 g/mol. The van der Waals surface area contributed by atoms with E-state index in [4.69, 9.17) is 18.6 Å². The predicted molar refractivity (Wildman–Crippen MR) is 89.0 cm³/mol. The van der Waals surface area contributed by atoms with E-state index >= 15 is 0 Å². The molecule has 0 amide bonds. The molecule has 2 aromatic rings. The van der Waals surface area contributed by atoms with Gasteiger partial charge in [-0.05, 0) is 36.4 Å². The van der Waals surface area contributed by atoms with E-state index in [0.717, 1.165) is 5.69 Å². The molecule has 3 aliphatic rings. The van der Waals surface area contributed by atoms with Gasteiger partial charge in [-0.25, -0.2) is 0 Å². The number of aromatic amines is 1. The first-order chi connectivity index (χ1) is 11.8. The van der Waals surface area contributed by atoms with Crippen molar-refractivity contribution >= 4 is 18.9 Å². The highest BCUT2D eigenvalue weighted by Gasteiger charge is 2.50. The second-order valence-electron chi connectivity index (χ2n) is 5.47. The van der Waals surface area contributed by atoms with Gasteiger partial charge in [0.25, 0.3) is 0 Å². The lowest BCUT2D eigenvalue weighted by Crippen LogP contribution is -2.52. The maximum atomic E-state index is 5.97. The number of rotatable bonds is 1. The highest BCUT2D eigenvalue weighted by molar-refractivity contribution is 6.58. The van der Waals surface area contributed by atoms with E-state index in [1.165, 1.54) is 0 Å². The second kappa shape index (κ2) is 4.82. The number of para-hydroxylation sites is 2. The van der Waals surface area contributed by atoms with E-state index in [0.29, 0.717) is 28.7 Å². The van der Waals surface area contributed by atoms with Crippen LogP contribution in [-0.2, 0) is 9.31 Å². The Morgan fingerprint density at radius 3 is 2.42 bits per heavy atom. The average Bonchev–Trinajstić information content (AvgIpc) is 3.34. The second-order valence-corrected chi connectivity index (χ2v) is 5.47. The monoisotopic (exact) mass is 319 g/mol. The van der Waals surface area contributed by atoms with Gasteiger partial charge in [0.2, 0.25) is 0 Å². The summed E-state index contributed by atoms with van der Waals surface area (Å²) in [4.78, 5) is 7.40. The van der Waals surface area contributed by atoms with E-state index < -0.39 is 6.96 Å². The Balaban J connectivity index is 1.60. The van der Waals surface area contributed by atoms with Gasteiger partial charge in [-0.3, -0.25) is 4.99 Å². The van der Waals surface area contributed by atoms with Gasteiger partial charge in [-0.2, -0.15) is 0 Å². The standard InChI is InChI=1S/C17H12BN2O4/c1-2-8-15-14(7-1)21-18(22-15)23-16(12-5-3-9-19-12)11-17(24-18)13-6-4-10-20-13/h1-11,19H/q-1. The van der Waals surface area contributed by atoms with E-state index in [1.807, 2.05) is 54.7 Å². The normalized spacial score (nSPS) is 22.4. The third kappa shape index (κ3) is 2.02. The summed E-state index contributed by atoms with van der Waals surface area (Å²) in [7, 11) is 0. The van der Waals surface area contributed by atoms with Gasteiger partial charge in [0.15, 0.2) is 0 Å². The minimum atomic E-state index is -2.48. The molecule has 5 rings (SSSR count). The molecule has 1 aromatic heterocycles. The number of hydrogen-bond acceptors (Lipinski definition) is 5. The highest BCUT2D eigenvalue weighted by atomic mass is 16.9. The average molecular weight is 319 g/mol. The highest BCUT2D eigenvalue weighted by Crippen LogP contribution is 2.42. The zero-order valence-corrected chi connectivity index (χ0v) is 12.5. The molecule has 0 unspecified atom stereocenters. The Hall–Kier alpha value is -3.35. The van der Waals surface area contributed by atoms with Crippen LogP contribution in [0.4, 0.5) is 0 Å². The molecule has 0 saturated carbocycles. The third-order valence-electron chi connectivity index (χ3n) is 3.87. The molecule has 0 fully saturated rings. The quantitative estimate of drug-likeness (QED) is 0.820. The van der Waals surface area contributed by atoms with Gasteiger partial charge >= 0.3 is 6.96 Å². The molecule has 6 nitrogen and oxygen atoms in total. The number of benzene rings is 1. The predicted octanol–water partition coefficient (Wildman–Crippen LogP) is 3.16. The van der Waals surface area contributed by atoms with E-state index in [-0.39, 0.29) is 0 Å². The van der Waals surface area contributed by atoms with Crippen LogP contribution in [0.3, 0.4) is 0 Å². The van der Waals surface area contributed by atoms with Gasteiger partial charge in [-0.15, -0.1) is 0 Å². The fourth-order valence-electron chi connectivity index (χ4n) is 2.80. The van der Waals surface area contributed by atoms with Crippen LogP contribution in [0.25, 0.3) is 5.76 Å². The molecule has 0 atom stereocenters. The van der Waals surface area contributed by atoms with E-state index in [1.54, 1.807) is 12.3 Å². The molecule has 1 N–H and O–H groups in total. The van der Waals surface area contributed by atoms with E-state index in [2.05, 4.69) is 9.98 Å². The van der Waals surface area contributed by atoms with Crippen LogP contribution in [0.5, 0.6) is 11.5 Å². The lowest BCUT2D eigenvalue weighted by molar-refractivity contribution is 0.130. The number of fused-ring (bicyclic) bond motifs is 1. The first-order valence-corrected chi connectivity index (χ1v) is 7.60. The molecule has 24 heavy (non-hydrogen) atoms. The Morgan fingerprint density at radius 2 is 1.75 bits per heavy atom. The summed E-state index contributed by atoms with van der Waals surface area (Å²) >= 11 is 0. The number of nitrogens with zero attached hydrogens (tertiary/aromatic N) is 1. The number of nitrogens with one attached hydrogen (secondary N) is 1. The van der Waals surface area contributed by atoms with Crippen LogP contribution >= 0.6 is 0 Å². The summed E-state index contributed by atoms with van der Waals surface area (Å²) in [6, 6.07) is 11.1. The van der Waals surface area contributed by atoms with Crippen molar-refractivity contribution in [2.75, 3.05) is 0 Å². The van der Waals surface area contributed by atoms with Crippen molar-refractivity contribution in [3.8, 4) is 11.5 Å². The maximum absolute atomic E-state index is 5.97. The third-order valence-corrected chi connectivity index (χ3v) is 3.87. The molecule has 7 heteroatoms. The van der Waals surface area contributed by atoms with Gasteiger partial charge in [0.1, 0.15) is 28.7 Å².